The van der Waals surface area contributed by atoms with E-state index in [-0.39, 0.29) is 17.1 Å². The fourth-order valence-electron chi connectivity index (χ4n) is 2.28. The van der Waals surface area contributed by atoms with Gasteiger partial charge in [-0.3, -0.25) is 4.79 Å². The van der Waals surface area contributed by atoms with E-state index in [0.717, 1.165) is 18.3 Å². The number of pyridine rings is 2. The predicted molar refractivity (Wildman–Crippen MR) is 94.5 cm³/mol. The third-order valence-electron chi connectivity index (χ3n) is 3.59. The number of alkyl halides is 3. The zero-order chi connectivity index (χ0) is 20.1. The van der Waals surface area contributed by atoms with Gasteiger partial charge in [0.2, 0.25) is 5.88 Å². The number of aromatic nitrogens is 2. The number of amides is 1. The number of hydrogen-bond donors (Lipinski definition) is 1. The number of ether oxygens (including phenoxy) is 2. The zero-order valence-electron chi connectivity index (χ0n) is 14.5. The topological polar surface area (TPSA) is 73.3 Å². The second kappa shape index (κ2) is 7.95. The van der Waals surface area contributed by atoms with E-state index < -0.39 is 17.8 Å². The molecule has 0 aliphatic rings. The summed E-state index contributed by atoms with van der Waals surface area (Å²) in [6.07, 6.45) is -2.11. The number of nitrogens with one attached hydrogen (secondary N) is 1. The number of nitrogens with zero attached hydrogens (tertiary/aromatic N) is 2. The molecule has 2 aromatic heterocycles. The number of methoxy groups -OCH3 is 1. The van der Waals surface area contributed by atoms with Gasteiger partial charge in [0, 0.05) is 18.0 Å². The van der Waals surface area contributed by atoms with Gasteiger partial charge in [0.05, 0.1) is 18.9 Å². The highest BCUT2D eigenvalue weighted by Crippen LogP contribution is 2.30. The van der Waals surface area contributed by atoms with Crippen molar-refractivity contribution in [2.24, 2.45) is 0 Å². The molecular formula is C19H14F3N3O3. The molecule has 0 spiro atoms. The molecule has 144 valence electrons. The van der Waals surface area contributed by atoms with E-state index in [1.807, 2.05) is 0 Å². The Morgan fingerprint density at radius 1 is 1.07 bits per heavy atom. The monoisotopic (exact) mass is 389 g/mol. The minimum Gasteiger partial charge on any atom is -0.481 e. The molecule has 0 atom stereocenters. The van der Waals surface area contributed by atoms with Crippen molar-refractivity contribution in [3.05, 3.63) is 72.2 Å². The average Bonchev–Trinajstić information content (AvgIpc) is 2.68. The van der Waals surface area contributed by atoms with Gasteiger partial charge in [-0.05, 0) is 30.3 Å². The maximum Gasteiger partial charge on any atom is 0.433 e. The Kier molecular flexibility index (Phi) is 5.44. The van der Waals surface area contributed by atoms with Crippen molar-refractivity contribution in [1.29, 1.82) is 0 Å². The van der Waals surface area contributed by atoms with E-state index in [1.54, 1.807) is 24.3 Å². The lowest BCUT2D eigenvalue weighted by molar-refractivity contribution is -0.141. The van der Waals surface area contributed by atoms with Crippen molar-refractivity contribution < 1.29 is 27.4 Å². The van der Waals surface area contributed by atoms with Gasteiger partial charge < -0.3 is 14.8 Å². The van der Waals surface area contributed by atoms with Gasteiger partial charge in [0.15, 0.2) is 0 Å². The van der Waals surface area contributed by atoms with Crippen LogP contribution in [0.5, 0.6) is 17.4 Å². The van der Waals surface area contributed by atoms with E-state index >= 15 is 0 Å². The molecule has 1 aromatic carbocycles. The lowest BCUT2D eigenvalue weighted by Gasteiger charge is -2.12. The molecule has 28 heavy (non-hydrogen) atoms. The predicted octanol–water partition coefficient (Wildman–Crippen LogP) is 4.55. The molecular weight excluding hydrogens is 375 g/mol. The van der Waals surface area contributed by atoms with Crippen LogP contribution in [0, 0.1) is 0 Å². The van der Waals surface area contributed by atoms with Gasteiger partial charge >= 0.3 is 6.18 Å². The Hall–Kier alpha value is -3.62. The SMILES string of the molecule is COc1cc(NC(=O)c2ccccc2Oc2ccc(C(F)(F)F)nc2)ccn1. The highest BCUT2D eigenvalue weighted by atomic mass is 19.4. The number of carbonyl (C=O) groups is 1. The normalized spacial score (nSPS) is 11.0. The van der Waals surface area contributed by atoms with Crippen LogP contribution in [0.2, 0.25) is 0 Å². The van der Waals surface area contributed by atoms with Crippen LogP contribution in [0.4, 0.5) is 18.9 Å². The third-order valence-corrected chi connectivity index (χ3v) is 3.59. The standard InChI is InChI=1S/C19H14F3N3O3/c1-27-17-10-12(8-9-23-17)25-18(26)14-4-2-3-5-15(14)28-13-6-7-16(24-11-13)19(20,21)22/h2-11H,1H3,(H,23,25,26). The summed E-state index contributed by atoms with van der Waals surface area (Å²) < 4.78 is 48.4. The number of anilines is 1. The molecule has 0 aliphatic carbocycles. The van der Waals surface area contributed by atoms with Crippen LogP contribution < -0.4 is 14.8 Å². The molecule has 2 heterocycles. The molecule has 1 amide bonds. The number of carbonyl (C=O) groups excluding carboxylic acids is 1. The summed E-state index contributed by atoms with van der Waals surface area (Å²) >= 11 is 0. The van der Waals surface area contributed by atoms with Crippen LogP contribution in [0.3, 0.4) is 0 Å². The van der Waals surface area contributed by atoms with E-state index in [0.29, 0.717) is 11.6 Å². The molecule has 0 radical (unpaired) electrons. The number of rotatable bonds is 5. The molecule has 9 heteroatoms. The first-order valence-corrected chi connectivity index (χ1v) is 7.98. The van der Waals surface area contributed by atoms with Crippen molar-refractivity contribution in [3.8, 4) is 17.4 Å². The average molecular weight is 389 g/mol. The largest absolute Gasteiger partial charge is 0.481 e. The van der Waals surface area contributed by atoms with Crippen molar-refractivity contribution >= 4 is 11.6 Å². The number of halogens is 3. The van der Waals surface area contributed by atoms with Gasteiger partial charge in [-0.25, -0.2) is 9.97 Å². The van der Waals surface area contributed by atoms with Crippen molar-refractivity contribution in [1.82, 2.24) is 9.97 Å². The first-order chi connectivity index (χ1) is 13.4. The molecule has 6 nitrogen and oxygen atoms in total. The summed E-state index contributed by atoms with van der Waals surface area (Å²) in [6, 6.07) is 11.4. The lowest BCUT2D eigenvalue weighted by Crippen LogP contribution is -2.13. The first kappa shape index (κ1) is 19.2. The summed E-state index contributed by atoms with van der Waals surface area (Å²) in [6.45, 7) is 0. The summed E-state index contributed by atoms with van der Waals surface area (Å²) in [5, 5.41) is 2.68. The van der Waals surface area contributed by atoms with Crippen molar-refractivity contribution in [2.45, 2.75) is 6.18 Å². The summed E-state index contributed by atoms with van der Waals surface area (Å²) in [5.41, 5.74) is -0.376. The highest BCUT2D eigenvalue weighted by molar-refractivity contribution is 6.06. The number of para-hydroxylation sites is 1. The van der Waals surface area contributed by atoms with E-state index in [4.69, 9.17) is 9.47 Å². The molecule has 0 fully saturated rings. The molecule has 3 aromatic rings. The van der Waals surface area contributed by atoms with E-state index in [2.05, 4.69) is 15.3 Å². The second-order valence-corrected chi connectivity index (χ2v) is 5.52. The Bertz CT molecular complexity index is 976. The Morgan fingerprint density at radius 2 is 1.86 bits per heavy atom. The molecule has 1 N–H and O–H groups in total. The maximum atomic E-state index is 12.6. The van der Waals surface area contributed by atoms with Crippen molar-refractivity contribution in [3.63, 3.8) is 0 Å². The Labute approximate surface area is 158 Å². The van der Waals surface area contributed by atoms with Crippen LogP contribution in [0.25, 0.3) is 0 Å². The van der Waals surface area contributed by atoms with Crippen LogP contribution >= 0.6 is 0 Å². The quantitative estimate of drug-likeness (QED) is 0.693. The Morgan fingerprint density at radius 3 is 2.54 bits per heavy atom. The van der Waals surface area contributed by atoms with Gasteiger partial charge in [0.25, 0.3) is 5.91 Å². The Balaban J connectivity index is 1.79. The number of hydrogen-bond acceptors (Lipinski definition) is 5. The van der Waals surface area contributed by atoms with Crippen molar-refractivity contribution in [2.75, 3.05) is 12.4 Å². The minimum absolute atomic E-state index is 0.0684. The van der Waals surface area contributed by atoms with Crippen LogP contribution in [-0.4, -0.2) is 23.0 Å². The van der Waals surface area contributed by atoms with E-state index in [1.165, 1.54) is 25.4 Å². The van der Waals surface area contributed by atoms with Gasteiger partial charge in [0.1, 0.15) is 17.2 Å². The van der Waals surface area contributed by atoms with Gasteiger partial charge in [-0.1, -0.05) is 12.1 Å². The summed E-state index contributed by atoms with van der Waals surface area (Å²) in [4.78, 5) is 19.9. The fraction of sp³-hybridized carbons (Fsp3) is 0.105. The van der Waals surface area contributed by atoms with Crippen LogP contribution in [-0.2, 0) is 6.18 Å². The third kappa shape index (κ3) is 4.56. The molecule has 0 aliphatic heterocycles. The lowest BCUT2D eigenvalue weighted by atomic mass is 10.2. The maximum absolute atomic E-state index is 12.6. The van der Waals surface area contributed by atoms with Gasteiger partial charge in [-0.2, -0.15) is 13.2 Å². The fourth-order valence-corrected chi connectivity index (χ4v) is 2.28. The molecule has 3 rings (SSSR count). The summed E-state index contributed by atoms with van der Waals surface area (Å²) in [5.74, 6) is 0.100. The smallest absolute Gasteiger partial charge is 0.433 e. The first-order valence-electron chi connectivity index (χ1n) is 7.98. The zero-order valence-corrected chi connectivity index (χ0v) is 14.5. The molecule has 0 unspecified atom stereocenters. The van der Waals surface area contributed by atoms with Crippen LogP contribution in [0.15, 0.2) is 60.9 Å². The second-order valence-electron chi connectivity index (χ2n) is 5.52. The van der Waals surface area contributed by atoms with Gasteiger partial charge in [-0.15, -0.1) is 0 Å². The highest BCUT2D eigenvalue weighted by Gasteiger charge is 2.32. The molecule has 0 saturated carbocycles. The summed E-state index contributed by atoms with van der Waals surface area (Å²) in [7, 11) is 1.45. The van der Waals surface area contributed by atoms with Crippen LogP contribution in [0.1, 0.15) is 16.1 Å². The molecule has 0 bridgehead atoms. The minimum atomic E-state index is -4.54. The number of benzene rings is 1. The molecule has 0 saturated heterocycles. The van der Waals surface area contributed by atoms with E-state index in [9.17, 15) is 18.0 Å².